The molecular formula is C11H11NOS. The molecule has 1 rings (SSSR count). The summed E-state index contributed by atoms with van der Waals surface area (Å²) < 4.78 is 0. The largest absolute Gasteiger partial charge is 0.507 e. The average Bonchev–Trinajstić information content (AvgIpc) is 2.21. The van der Waals surface area contributed by atoms with Crippen LogP contribution in [-0.2, 0) is 0 Å². The van der Waals surface area contributed by atoms with Crippen LogP contribution >= 0.6 is 12.6 Å². The van der Waals surface area contributed by atoms with E-state index in [4.69, 9.17) is 5.26 Å². The lowest BCUT2D eigenvalue weighted by Gasteiger charge is -1.98. The van der Waals surface area contributed by atoms with Crippen molar-refractivity contribution in [3.8, 4) is 11.8 Å². The van der Waals surface area contributed by atoms with Crippen LogP contribution in [0.5, 0.6) is 5.75 Å². The van der Waals surface area contributed by atoms with Gasteiger partial charge in [-0.2, -0.15) is 17.9 Å². The molecule has 1 aromatic rings. The Labute approximate surface area is 88.9 Å². The van der Waals surface area contributed by atoms with Crippen molar-refractivity contribution in [3.63, 3.8) is 0 Å². The van der Waals surface area contributed by atoms with Crippen molar-refractivity contribution >= 4 is 18.7 Å². The van der Waals surface area contributed by atoms with Gasteiger partial charge in [0.15, 0.2) is 0 Å². The lowest BCUT2D eigenvalue weighted by molar-refractivity contribution is 0.474. The van der Waals surface area contributed by atoms with Crippen molar-refractivity contribution in [2.45, 2.75) is 6.42 Å². The topological polar surface area (TPSA) is 44.0 Å². The molecule has 0 radical (unpaired) electrons. The Morgan fingerprint density at radius 1 is 1.50 bits per heavy atom. The van der Waals surface area contributed by atoms with E-state index in [1.54, 1.807) is 18.2 Å². The number of allylic oxidation sites excluding steroid dienone is 1. The fraction of sp³-hybridized carbons (Fsp3) is 0.182. The summed E-state index contributed by atoms with van der Waals surface area (Å²) in [4.78, 5) is 0. The Hall–Kier alpha value is -1.40. The lowest BCUT2D eigenvalue weighted by atomic mass is 10.1. The zero-order valence-corrected chi connectivity index (χ0v) is 8.54. The van der Waals surface area contributed by atoms with Crippen molar-refractivity contribution in [2.75, 3.05) is 5.75 Å². The lowest BCUT2D eigenvalue weighted by Crippen LogP contribution is -1.79. The number of benzene rings is 1. The first-order valence-electron chi connectivity index (χ1n) is 4.28. The van der Waals surface area contributed by atoms with Gasteiger partial charge in [-0.05, 0) is 30.4 Å². The first-order chi connectivity index (χ1) is 6.77. The van der Waals surface area contributed by atoms with Crippen LogP contribution in [0, 0.1) is 11.3 Å². The molecule has 3 heteroatoms. The number of hydrogen-bond acceptors (Lipinski definition) is 3. The third-order valence-corrected chi connectivity index (χ3v) is 2.01. The molecule has 0 aliphatic carbocycles. The van der Waals surface area contributed by atoms with Gasteiger partial charge in [0.05, 0.1) is 11.6 Å². The van der Waals surface area contributed by atoms with Crippen molar-refractivity contribution in [1.29, 1.82) is 5.26 Å². The average molecular weight is 205 g/mol. The Balaban J connectivity index is 2.90. The van der Waals surface area contributed by atoms with Crippen molar-refractivity contribution in [2.24, 2.45) is 0 Å². The Morgan fingerprint density at radius 2 is 2.29 bits per heavy atom. The molecule has 0 aromatic heterocycles. The Kier molecular flexibility index (Phi) is 4.09. The summed E-state index contributed by atoms with van der Waals surface area (Å²) in [5, 5.41) is 18.1. The van der Waals surface area contributed by atoms with Crippen molar-refractivity contribution < 1.29 is 5.11 Å². The standard InChI is InChI=1S/C11H11NOS/c12-8-9-4-5-11(13)10(7-9)3-1-2-6-14/h1,3-5,7,13-14H,2,6H2. The summed E-state index contributed by atoms with van der Waals surface area (Å²) in [7, 11) is 0. The molecule has 1 aromatic carbocycles. The highest BCUT2D eigenvalue weighted by atomic mass is 32.1. The quantitative estimate of drug-likeness (QED) is 0.745. The van der Waals surface area contributed by atoms with Crippen LogP contribution < -0.4 is 0 Å². The molecule has 0 aliphatic rings. The number of aromatic hydroxyl groups is 1. The van der Waals surface area contributed by atoms with Gasteiger partial charge in [-0.3, -0.25) is 0 Å². The van der Waals surface area contributed by atoms with Gasteiger partial charge in [-0.1, -0.05) is 12.2 Å². The van der Waals surface area contributed by atoms with Gasteiger partial charge in [0, 0.05) is 5.56 Å². The molecular weight excluding hydrogens is 194 g/mol. The van der Waals surface area contributed by atoms with Crippen molar-refractivity contribution in [1.82, 2.24) is 0 Å². The van der Waals surface area contributed by atoms with Crippen LogP contribution in [0.4, 0.5) is 0 Å². The zero-order chi connectivity index (χ0) is 10.4. The van der Waals surface area contributed by atoms with E-state index >= 15 is 0 Å². The van der Waals surface area contributed by atoms with Crippen LogP contribution in [-0.4, -0.2) is 10.9 Å². The van der Waals surface area contributed by atoms with Crippen LogP contribution in [0.15, 0.2) is 24.3 Å². The van der Waals surface area contributed by atoms with Crippen LogP contribution in [0.2, 0.25) is 0 Å². The number of hydrogen-bond donors (Lipinski definition) is 2. The molecule has 14 heavy (non-hydrogen) atoms. The molecule has 0 saturated heterocycles. The molecule has 0 atom stereocenters. The van der Waals surface area contributed by atoms with Gasteiger partial charge in [-0.15, -0.1) is 0 Å². The monoisotopic (exact) mass is 205 g/mol. The predicted molar refractivity (Wildman–Crippen MR) is 60.3 cm³/mol. The fourth-order valence-corrected chi connectivity index (χ4v) is 1.19. The van der Waals surface area contributed by atoms with E-state index in [1.807, 2.05) is 12.1 Å². The summed E-state index contributed by atoms with van der Waals surface area (Å²) in [6.07, 6.45) is 4.56. The minimum Gasteiger partial charge on any atom is -0.507 e. The number of thiol groups is 1. The smallest absolute Gasteiger partial charge is 0.122 e. The van der Waals surface area contributed by atoms with Gasteiger partial charge in [-0.25, -0.2) is 0 Å². The maximum Gasteiger partial charge on any atom is 0.122 e. The number of rotatable bonds is 3. The van der Waals surface area contributed by atoms with Crippen LogP contribution in [0.1, 0.15) is 17.5 Å². The highest BCUT2D eigenvalue weighted by molar-refractivity contribution is 7.80. The Morgan fingerprint density at radius 3 is 2.93 bits per heavy atom. The first kappa shape index (κ1) is 10.7. The Bertz CT molecular complexity index is 379. The fourth-order valence-electron chi connectivity index (χ4n) is 1.04. The second-order valence-electron chi connectivity index (χ2n) is 2.80. The van der Waals surface area contributed by atoms with Gasteiger partial charge in [0.1, 0.15) is 5.75 Å². The van der Waals surface area contributed by atoms with Gasteiger partial charge in [0.2, 0.25) is 0 Å². The van der Waals surface area contributed by atoms with Crippen LogP contribution in [0.3, 0.4) is 0 Å². The molecule has 0 heterocycles. The molecule has 72 valence electrons. The second kappa shape index (κ2) is 5.36. The number of phenols is 1. The van der Waals surface area contributed by atoms with Crippen molar-refractivity contribution in [3.05, 3.63) is 35.4 Å². The molecule has 0 unspecified atom stereocenters. The molecule has 0 saturated carbocycles. The SMILES string of the molecule is N#Cc1ccc(O)c(C=CCCS)c1. The van der Waals surface area contributed by atoms with E-state index in [9.17, 15) is 5.11 Å². The summed E-state index contributed by atoms with van der Waals surface area (Å²) in [6, 6.07) is 6.80. The molecule has 0 fully saturated rings. The molecule has 2 nitrogen and oxygen atoms in total. The number of nitrogens with zero attached hydrogens (tertiary/aromatic N) is 1. The molecule has 0 aliphatic heterocycles. The summed E-state index contributed by atoms with van der Waals surface area (Å²) in [6.45, 7) is 0. The number of nitriles is 1. The zero-order valence-electron chi connectivity index (χ0n) is 7.64. The highest BCUT2D eigenvalue weighted by Gasteiger charge is 1.98. The third-order valence-electron chi connectivity index (χ3n) is 1.75. The maximum atomic E-state index is 9.45. The van der Waals surface area contributed by atoms with E-state index < -0.39 is 0 Å². The molecule has 1 N–H and O–H groups in total. The van der Waals surface area contributed by atoms with Crippen LogP contribution in [0.25, 0.3) is 6.08 Å². The first-order valence-corrected chi connectivity index (χ1v) is 4.91. The molecule has 0 spiro atoms. The van der Waals surface area contributed by atoms with E-state index in [2.05, 4.69) is 12.6 Å². The highest BCUT2D eigenvalue weighted by Crippen LogP contribution is 2.19. The van der Waals surface area contributed by atoms with E-state index in [0.717, 1.165) is 12.2 Å². The normalized spacial score (nSPS) is 10.3. The summed E-state index contributed by atoms with van der Waals surface area (Å²) in [5.41, 5.74) is 1.22. The molecule has 0 bridgehead atoms. The predicted octanol–water partition coefficient (Wildman–Crippen LogP) is 2.60. The summed E-state index contributed by atoms with van der Waals surface area (Å²) in [5.74, 6) is 0.967. The van der Waals surface area contributed by atoms with Gasteiger partial charge < -0.3 is 5.11 Å². The van der Waals surface area contributed by atoms with E-state index in [1.165, 1.54) is 6.07 Å². The summed E-state index contributed by atoms with van der Waals surface area (Å²) >= 11 is 4.07. The van der Waals surface area contributed by atoms with E-state index in [0.29, 0.717) is 11.1 Å². The maximum absolute atomic E-state index is 9.45. The minimum absolute atomic E-state index is 0.194. The number of phenolic OH excluding ortho intramolecular Hbond substituents is 1. The minimum atomic E-state index is 0.194. The van der Waals surface area contributed by atoms with E-state index in [-0.39, 0.29) is 5.75 Å². The molecule has 0 amide bonds. The van der Waals surface area contributed by atoms with Gasteiger partial charge in [0.25, 0.3) is 0 Å². The third kappa shape index (κ3) is 2.82. The second-order valence-corrected chi connectivity index (χ2v) is 3.25. The van der Waals surface area contributed by atoms with Gasteiger partial charge >= 0.3 is 0 Å².